The Morgan fingerprint density at radius 3 is 1.85 bits per heavy atom. The smallest absolute Gasteiger partial charge is 0.416 e. The van der Waals surface area contributed by atoms with Crippen molar-refractivity contribution in [3.05, 3.63) is 112 Å². The molecular formula is C30H21F3O7. The molecule has 40 heavy (non-hydrogen) atoms. The Bertz CT molecular complexity index is 1610. The lowest BCUT2D eigenvalue weighted by Gasteiger charge is -2.10. The van der Waals surface area contributed by atoms with Gasteiger partial charge in [-0.05, 0) is 78.2 Å². The van der Waals surface area contributed by atoms with Crippen LogP contribution in [0.3, 0.4) is 0 Å². The molecule has 0 amide bonds. The molecule has 0 aromatic heterocycles. The number of rotatable bonds is 6. The number of ether oxygens (including phenoxy) is 2. The SMILES string of the molecule is Cc1ccc(C(=O)Oc2ccc(/C=C/c3cc(O)cc(OC(=O)c4ccc(C(F)(F)F)cc4O)c3)cc2)c(O)c1. The van der Waals surface area contributed by atoms with Crippen molar-refractivity contribution in [2.24, 2.45) is 0 Å². The standard InChI is InChI=1S/C30H21F3O7/c1-17-2-10-24(26(35)12-17)28(37)39-22-8-5-18(6-9-22)3-4-19-13-21(34)16-23(14-19)40-29(38)25-11-7-20(15-27(25)36)30(31,32)33/h2-16,34-36H,1H3/b4-3+. The second-order valence-corrected chi connectivity index (χ2v) is 8.69. The Morgan fingerprint density at radius 2 is 1.25 bits per heavy atom. The van der Waals surface area contributed by atoms with Gasteiger partial charge in [-0.2, -0.15) is 13.2 Å². The largest absolute Gasteiger partial charge is 0.508 e. The number of aryl methyl sites for hydroxylation is 1. The Morgan fingerprint density at radius 1 is 0.675 bits per heavy atom. The third-order valence-electron chi connectivity index (χ3n) is 5.60. The van der Waals surface area contributed by atoms with Crippen LogP contribution in [0.15, 0.2) is 78.9 Å². The first-order chi connectivity index (χ1) is 18.9. The summed E-state index contributed by atoms with van der Waals surface area (Å²) in [6.07, 6.45) is -1.43. The lowest BCUT2D eigenvalue weighted by atomic mass is 10.1. The molecule has 0 heterocycles. The van der Waals surface area contributed by atoms with Gasteiger partial charge in [-0.25, -0.2) is 9.59 Å². The maximum absolute atomic E-state index is 12.8. The van der Waals surface area contributed by atoms with Gasteiger partial charge in [0.15, 0.2) is 0 Å². The van der Waals surface area contributed by atoms with Crippen LogP contribution in [0.1, 0.15) is 43.0 Å². The molecule has 0 aliphatic carbocycles. The van der Waals surface area contributed by atoms with Gasteiger partial charge in [0.05, 0.1) is 5.56 Å². The second kappa shape index (κ2) is 11.2. The molecule has 0 aliphatic rings. The number of aromatic hydroxyl groups is 3. The van der Waals surface area contributed by atoms with E-state index in [0.717, 1.165) is 17.7 Å². The van der Waals surface area contributed by atoms with E-state index in [2.05, 4.69) is 0 Å². The van der Waals surface area contributed by atoms with Gasteiger partial charge >= 0.3 is 18.1 Å². The minimum atomic E-state index is -4.69. The highest BCUT2D eigenvalue weighted by Gasteiger charge is 2.31. The van der Waals surface area contributed by atoms with Gasteiger partial charge in [-0.3, -0.25) is 0 Å². The zero-order chi connectivity index (χ0) is 29.0. The van der Waals surface area contributed by atoms with E-state index >= 15 is 0 Å². The molecule has 0 saturated heterocycles. The molecule has 4 aromatic rings. The van der Waals surface area contributed by atoms with Gasteiger partial charge in [-0.1, -0.05) is 30.4 Å². The van der Waals surface area contributed by atoms with Gasteiger partial charge < -0.3 is 24.8 Å². The molecule has 0 atom stereocenters. The topological polar surface area (TPSA) is 113 Å². The fourth-order valence-corrected chi connectivity index (χ4v) is 3.62. The van der Waals surface area contributed by atoms with E-state index in [1.54, 1.807) is 49.4 Å². The number of esters is 2. The van der Waals surface area contributed by atoms with Gasteiger partial charge in [0, 0.05) is 6.07 Å². The van der Waals surface area contributed by atoms with Crippen LogP contribution in [-0.4, -0.2) is 27.3 Å². The summed E-state index contributed by atoms with van der Waals surface area (Å²) in [5, 5.41) is 29.9. The molecule has 0 saturated carbocycles. The summed E-state index contributed by atoms with van der Waals surface area (Å²) in [6, 6.07) is 16.8. The van der Waals surface area contributed by atoms with Crippen molar-refractivity contribution in [2.75, 3.05) is 0 Å². The number of hydrogen-bond donors (Lipinski definition) is 3. The van der Waals surface area contributed by atoms with Crippen LogP contribution in [0.2, 0.25) is 0 Å². The average Bonchev–Trinajstić information content (AvgIpc) is 2.87. The lowest BCUT2D eigenvalue weighted by molar-refractivity contribution is -0.137. The van der Waals surface area contributed by atoms with Crippen LogP contribution >= 0.6 is 0 Å². The third kappa shape index (κ3) is 6.79. The van der Waals surface area contributed by atoms with E-state index in [-0.39, 0.29) is 28.6 Å². The van der Waals surface area contributed by atoms with Crippen molar-refractivity contribution in [3.8, 4) is 28.7 Å². The molecule has 0 bridgehead atoms. The Kier molecular flexibility index (Phi) is 7.81. The van der Waals surface area contributed by atoms with Crippen LogP contribution < -0.4 is 9.47 Å². The monoisotopic (exact) mass is 550 g/mol. The molecule has 0 aliphatic heterocycles. The first kappa shape index (κ1) is 27.8. The van der Waals surface area contributed by atoms with Crippen molar-refractivity contribution in [2.45, 2.75) is 13.1 Å². The molecular weight excluding hydrogens is 529 g/mol. The number of halogens is 3. The number of phenolic OH excluding ortho intramolecular Hbond substituents is 3. The van der Waals surface area contributed by atoms with E-state index < -0.39 is 35.0 Å². The third-order valence-corrected chi connectivity index (χ3v) is 5.60. The molecule has 0 unspecified atom stereocenters. The van der Waals surface area contributed by atoms with Crippen molar-refractivity contribution in [1.82, 2.24) is 0 Å². The molecule has 0 radical (unpaired) electrons. The summed E-state index contributed by atoms with van der Waals surface area (Å²) in [7, 11) is 0. The van der Waals surface area contributed by atoms with Crippen LogP contribution in [-0.2, 0) is 6.18 Å². The molecule has 7 nitrogen and oxygen atoms in total. The first-order valence-corrected chi connectivity index (χ1v) is 11.7. The highest BCUT2D eigenvalue weighted by atomic mass is 19.4. The molecule has 204 valence electrons. The van der Waals surface area contributed by atoms with Crippen LogP contribution in [0.25, 0.3) is 12.2 Å². The maximum atomic E-state index is 12.8. The van der Waals surface area contributed by atoms with Crippen molar-refractivity contribution >= 4 is 24.1 Å². The van der Waals surface area contributed by atoms with Crippen molar-refractivity contribution in [1.29, 1.82) is 0 Å². The Hall–Kier alpha value is -5.25. The number of hydrogen-bond acceptors (Lipinski definition) is 7. The predicted octanol–water partition coefficient (Wildman–Crippen LogP) is 6.74. The van der Waals surface area contributed by atoms with Gasteiger partial charge in [0.25, 0.3) is 0 Å². The van der Waals surface area contributed by atoms with Crippen LogP contribution in [0.4, 0.5) is 13.2 Å². The van der Waals surface area contributed by atoms with E-state index in [1.807, 2.05) is 0 Å². The average molecular weight is 550 g/mol. The summed E-state index contributed by atoms with van der Waals surface area (Å²) in [4.78, 5) is 24.7. The normalized spacial score (nSPS) is 11.4. The Balaban J connectivity index is 1.43. The summed E-state index contributed by atoms with van der Waals surface area (Å²) in [6.45, 7) is 1.78. The fourth-order valence-electron chi connectivity index (χ4n) is 3.62. The fraction of sp³-hybridized carbons (Fsp3) is 0.0667. The zero-order valence-electron chi connectivity index (χ0n) is 20.8. The van der Waals surface area contributed by atoms with Crippen LogP contribution in [0, 0.1) is 6.92 Å². The number of alkyl halides is 3. The molecule has 4 aromatic carbocycles. The summed E-state index contributed by atoms with van der Waals surface area (Å²) < 4.78 is 48.8. The summed E-state index contributed by atoms with van der Waals surface area (Å²) in [5.41, 5.74) is 0.332. The quantitative estimate of drug-likeness (QED) is 0.138. The van der Waals surface area contributed by atoms with E-state index in [1.165, 1.54) is 24.3 Å². The van der Waals surface area contributed by atoms with E-state index in [4.69, 9.17) is 9.47 Å². The van der Waals surface area contributed by atoms with Crippen molar-refractivity contribution < 1.29 is 47.6 Å². The van der Waals surface area contributed by atoms with E-state index in [0.29, 0.717) is 23.3 Å². The lowest BCUT2D eigenvalue weighted by Crippen LogP contribution is -2.11. The molecule has 10 heteroatoms. The highest BCUT2D eigenvalue weighted by Crippen LogP contribution is 2.33. The first-order valence-electron chi connectivity index (χ1n) is 11.7. The Labute approximate surface area is 226 Å². The molecule has 3 N–H and O–H groups in total. The molecule has 0 spiro atoms. The van der Waals surface area contributed by atoms with E-state index in [9.17, 15) is 38.1 Å². The minimum Gasteiger partial charge on any atom is -0.508 e. The zero-order valence-corrected chi connectivity index (χ0v) is 20.8. The summed E-state index contributed by atoms with van der Waals surface area (Å²) >= 11 is 0. The highest BCUT2D eigenvalue weighted by molar-refractivity contribution is 5.94. The number of carbonyl (C=O) groups is 2. The maximum Gasteiger partial charge on any atom is 0.416 e. The molecule has 4 rings (SSSR count). The number of benzene rings is 4. The second-order valence-electron chi connectivity index (χ2n) is 8.69. The number of carbonyl (C=O) groups excluding carboxylic acids is 2. The predicted molar refractivity (Wildman–Crippen MR) is 139 cm³/mol. The van der Waals surface area contributed by atoms with Crippen LogP contribution in [0.5, 0.6) is 28.7 Å². The van der Waals surface area contributed by atoms with Gasteiger partial charge in [0.2, 0.25) is 0 Å². The minimum absolute atomic E-state index is 0.0310. The van der Waals surface area contributed by atoms with Gasteiger partial charge in [0.1, 0.15) is 39.9 Å². The number of phenols is 3. The summed E-state index contributed by atoms with van der Waals surface area (Å²) in [5.74, 6) is -3.01. The molecule has 0 fully saturated rings. The van der Waals surface area contributed by atoms with Crippen molar-refractivity contribution in [3.63, 3.8) is 0 Å². The van der Waals surface area contributed by atoms with Gasteiger partial charge in [-0.15, -0.1) is 0 Å².